The molecule has 0 spiro atoms. The maximum absolute atomic E-state index is 12.3. The lowest BCUT2D eigenvalue weighted by molar-refractivity contribution is 0.00689. The van der Waals surface area contributed by atoms with Gasteiger partial charge >= 0.3 is 5.97 Å². The normalized spacial score (nSPS) is 28.8. The highest BCUT2D eigenvalue weighted by molar-refractivity contribution is 5.91. The minimum Gasteiger partial charge on any atom is -0.456 e. The van der Waals surface area contributed by atoms with Crippen molar-refractivity contribution in [3.05, 3.63) is 47.8 Å². The molecule has 4 saturated carbocycles. The third-order valence-electron chi connectivity index (χ3n) is 6.93. The molecule has 6 heteroatoms. The summed E-state index contributed by atoms with van der Waals surface area (Å²) in [6, 6.07) is 7.13. The molecular weight excluding hydrogens is 400 g/mol. The second-order valence-electron chi connectivity index (χ2n) is 11.0. The fourth-order valence-corrected chi connectivity index (χ4v) is 6.17. The molecule has 4 fully saturated rings. The molecule has 168 valence electrons. The van der Waals surface area contributed by atoms with Gasteiger partial charge in [-0.25, -0.2) is 14.8 Å². The molecule has 4 bridgehead atoms. The van der Waals surface area contributed by atoms with Crippen LogP contribution in [-0.2, 0) is 4.74 Å². The molecule has 1 heterocycles. The van der Waals surface area contributed by atoms with E-state index in [4.69, 9.17) is 4.74 Å². The first kappa shape index (κ1) is 21.1. The first-order chi connectivity index (χ1) is 15.3. The zero-order valence-corrected chi connectivity index (χ0v) is 19.2. The Kier molecular flexibility index (Phi) is 5.26. The van der Waals surface area contributed by atoms with Gasteiger partial charge in [-0.1, -0.05) is 6.07 Å². The number of hydrogen-bond donors (Lipinski definition) is 1. The van der Waals surface area contributed by atoms with Gasteiger partial charge in [0.05, 0.1) is 11.3 Å². The van der Waals surface area contributed by atoms with Gasteiger partial charge < -0.3 is 10.1 Å². The van der Waals surface area contributed by atoms with Gasteiger partial charge in [-0.2, -0.15) is 0 Å². The Labute approximate surface area is 189 Å². The molecule has 2 aromatic rings. The number of nitrogens with one attached hydrogen (secondary N) is 1. The summed E-state index contributed by atoms with van der Waals surface area (Å²) in [4.78, 5) is 25.9. The van der Waals surface area contributed by atoms with Crippen molar-refractivity contribution in [2.24, 2.45) is 22.7 Å². The predicted molar refractivity (Wildman–Crippen MR) is 125 cm³/mol. The van der Waals surface area contributed by atoms with Gasteiger partial charge in [0, 0.05) is 29.7 Å². The highest BCUT2D eigenvalue weighted by atomic mass is 16.6. The highest BCUT2D eigenvalue weighted by Crippen LogP contribution is 2.56. The third kappa shape index (κ3) is 4.69. The quantitative estimate of drug-likeness (QED) is 0.494. The van der Waals surface area contributed by atoms with E-state index in [9.17, 15) is 4.79 Å². The number of anilines is 1. The number of aliphatic imine (C=N–C) groups is 1. The molecule has 0 saturated heterocycles. The number of esters is 1. The molecule has 1 aromatic carbocycles. The summed E-state index contributed by atoms with van der Waals surface area (Å²) >= 11 is 0. The van der Waals surface area contributed by atoms with E-state index >= 15 is 0 Å². The monoisotopic (exact) mass is 432 g/mol. The first-order valence-electron chi connectivity index (χ1n) is 11.7. The summed E-state index contributed by atoms with van der Waals surface area (Å²) in [6.07, 6.45) is 13.4. The fourth-order valence-electron chi connectivity index (χ4n) is 6.17. The summed E-state index contributed by atoms with van der Waals surface area (Å²) in [5, 5.41) is 3.71. The highest BCUT2D eigenvalue weighted by Gasteiger charge is 2.51. The zero-order chi connectivity index (χ0) is 22.3. The van der Waals surface area contributed by atoms with Crippen molar-refractivity contribution in [1.82, 2.24) is 9.97 Å². The molecule has 4 aliphatic rings. The maximum Gasteiger partial charge on any atom is 0.338 e. The van der Waals surface area contributed by atoms with Crippen LogP contribution in [0, 0.1) is 17.8 Å². The lowest BCUT2D eigenvalue weighted by Gasteiger charge is -2.56. The van der Waals surface area contributed by atoms with E-state index in [-0.39, 0.29) is 11.5 Å². The third-order valence-corrected chi connectivity index (χ3v) is 6.93. The fraction of sp³-hybridized carbons (Fsp3) is 0.538. The number of carbonyl (C=O) groups is 1. The summed E-state index contributed by atoms with van der Waals surface area (Å²) < 4.78 is 5.44. The van der Waals surface area contributed by atoms with E-state index in [1.54, 1.807) is 36.8 Å². The number of carbonyl (C=O) groups excluding carboxylic acids is 1. The van der Waals surface area contributed by atoms with E-state index < -0.39 is 5.60 Å². The van der Waals surface area contributed by atoms with Crippen LogP contribution in [0.1, 0.15) is 75.2 Å². The smallest absolute Gasteiger partial charge is 0.338 e. The molecular formula is C26H32N4O2. The Morgan fingerprint density at radius 3 is 2.31 bits per heavy atom. The Hall–Kier alpha value is -2.76. The van der Waals surface area contributed by atoms with E-state index in [1.807, 2.05) is 26.8 Å². The number of hydrogen-bond acceptors (Lipinski definition) is 6. The van der Waals surface area contributed by atoms with Gasteiger partial charge in [-0.15, -0.1) is 0 Å². The molecule has 0 aliphatic heterocycles. The molecule has 0 atom stereocenters. The van der Waals surface area contributed by atoms with Gasteiger partial charge in [0.1, 0.15) is 5.60 Å². The summed E-state index contributed by atoms with van der Waals surface area (Å²) in [6.45, 7) is 5.57. The Morgan fingerprint density at radius 2 is 1.72 bits per heavy atom. The molecule has 6 rings (SSSR count). The van der Waals surface area contributed by atoms with Gasteiger partial charge in [-0.05, 0) is 95.2 Å². The lowest BCUT2D eigenvalue weighted by Crippen LogP contribution is -2.55. The topological polar surface area (TPSA) is 76.5 Å². The summed E-state index contributed by atoms with van der Waals surface area (Å²) in [5.41, 5.74) is 1.67. The molecule has 6 nitrogen and oxygen atoms in total. The molecule has 1 N–H and O–H groups in total. The van der Waals surface area contributed by atoms with Gasteiger partial charge in [0.15, 0.2) is 0 Å². The Bertz CT molecular complexity index is 988. The van der Waals surface area contributed by atoms with E-state index in [0.29, 0.717) is 11.3 Å². The van der Waals surface area contributed by atoms with Crippen LogP contribution < -0.4 is 5.32 Å². The van der Waals surface area contributed by atoms with Crippen molar-refractivity contribution in [3.63, 3.8) is 0 Å². The second-order valence-corrected chi connectivity index (χ2v) is 11.0. The largest absolute Gasteiger partial charge is 0.456 e. The molecule has 1 aromatic heterocycles. The van der Waals surface area contributed by atoms with Crippen LogP contribution in [0.4, 0.5) is 11.6 Å². The number of ether oxygens (including phenoxy) is 1. The van der Waals surface area contributed by atoms with Crippen molar-refractivity contribution in [2.75, 3.05) is 5.32 Å². The molecule has 4 aliphatic carbocycles. The van der Waals surface area contributed by atoms with Crippen molar-refractivity contribution in [2.45, 2.75) is 70.4 Å². The van der Waals surface area contributed by atoms with E-state index in [1.165, 1.54) is 38.5 Å². The van der Waals surface area contributed by atoms with E-state index in [2.05, 4.69) is 20.3 Å². The van der Waals surface area contributed by atoms with Crippen LogP contribution in [0.3, 0.4) is 0 Å². The van der Waals surface area contributed by atoms with Gasteiger partial charge in [0.25, 0.3) is 0 Å². The maximum atomic E-state index is 12.3. The Morgan fingerprint density at radius 1 is 1.09 bits per heavy atom. The van der Waals surface area contributed by atoms with Crippen molar-refractivity contribution < 1.29 is 9.53 Å². The SMILES string of the molecule is CC(C)(C)OC(=O)c1cccc(N=Cc2cnc(NC34CC5CC(CC(C5)C3)C4)nc2)c1. The minimum absolute atomic E-state index is 0.201. The molecule has 32 heavy (non-hydrogen) atoms. The summed E-state index contributed by atoms with van der Waals surface area (Å²) in [7, 11) is 0. The predicted octanol–water partition coefficient (Wildman–Crippen LogP) is 5.56. The number of aromatic nitrogens is 2. The Balaban J connectivity index is 1.24. The standard InChI is InChI=1S/C26H32N4O2/c1-25(2,3)32-23(31)21-5-4-6-22(10-21)27-14-20-15-28-24(29-16-20)30-26-11-17-7-18(12-26)9-19(8-17)13-26/h4-6,10,14-19H,7-9,11-13H2,1-3H3,(H,28,29,30). The number of benzene rings is 1. The minimum atomic E-state index is -0.528. The van der Waals surface area contributed by atoms with Crippen LogP contribution in [0.25, 0.3) is 0 Å². The molecule has 0 unspecified atom stereocenters. The lowest BCUT2D eigenvalue weighted by atomic mass is 9.53. The molecule has 0 amide bonds. The van der Waals surface area contributed by atoms with Crippen molar-refractivity contribution >= 4 is 23.8 Å². The van der Waals surface area contributed by atoms with Crippen LogP contribution in [-0.4, -0.2) is 33.3 Å². The van der Waals surface area contributed by atoms with Crippen molar-refractivity contribution in [1.29, 1.82) is 0 Å². The van der Waals surface area contributed by atoms with Crippen LogP contribution in [0.2, 0.25) is 0 Å². The number of nitrogens with zero attached hydrogens (tertiary/aromatic N) is 3. The van der Waals surface area contributed by atoms with Crippen LogP contribution in [0.5, 0.6) is 0 Å². The van der Waals surface area contributed by atoms with Crippen LogP contribution in [0.15, 0.2) is 41.7 Å². The van der Waals surface area contributed by atoms with E-state index in [0.717, 1.165) is 29.3 Å². The van der Waals surface area contributed by atoms with Crippen LogP contribution >= 0.6 is 0 Å². The average Bonchev–Trinajstić information content (AvgIpc) is 2.71. The summed E-state index contributed by atoms with van der Waals surface area (Å²) in [5.74, 6) is 3.03. The average molecular weight is 433 g/mol. The second kappa shape index (κ2) is 7.98. The molecule has 0 radical (unpaired) electrons. The first-order valence-corrected chi connectivity index (χ1v) is 11.7. The van der Waals surface area contributed by atoms with Gasteiger partial charge in [0.2, 0.25) is 5.95 Å². The zero-order valence-electron chi connectivity index (χ0n) is 19.2. The van der Waals surface area contributed by atoms with Gasteiger partial charge in [-0.3, -0.25) is 4.99 Å². The van der Waals surface area contributed by atoms with Crippen molar-refractivity contribution in [3.8, 4) is 0 Å². The number of rotatable bonds is 5.